The van der Waals surface area contributed by atoms with Crippen molar-refractivity contribution in [3.8, 4) is 0 Å². The number of halogens is 2. The van der Waals surface area contributed by atoms with Crippen molar-refractivity contribution >= 4 is 17.5 Å². The molecule has 2 amide bonds. The van der Waals surface area contributed by atoms with Crippen LogP contribution in [-0.4, -0.2) is 28.9 Å². The van der Waals surface area contributed by atoms with E-state index < -0.39 is 35.5 Å². The Morgan fingerprint density at radius 1 is 0.963 bits per heavy atom. The van der Waals surface area contributed by atoms with Crippen molar-refractivity contribution in [2.45, 2.75) is 32.0 Å². The number of hydrogen-bond acceptors (Lipinski definition) is 5. The Balaban J connectivity index is 1.58. The van der Waals surface area contributed by atoms with Gasteiger partial charge in [-0.2, -0.15) is 5.11 Å². The molecule has 0 spiro atoms. The maximum absolute atomic E-state index is 13.5. The molecule has 4 rings (SSSR count). The predicted octanol–water partition coefficient (Wildman–Crippen LogP) is 3.02. The largest absolute Gasteiger partial charge is 0.271 e. The van der Waals surface area contributed by atoms with E-state index in [2.05, 4.69) is 17.3 Å². The first-order valence-corrected chi connectivity index (χ1v) is 8.57. The summed E-state index contributed by atoms with van der Waals surface area (Å²) in [5, 5.41) is 9.37. The number of imide groups is 1. The minimum absolute atomic E-state index is 0.0132. The summed E-state index contributed by atoms with van der Waals surface area (Å²) in [7, 11) is 0. The van der Waals surface area contributed by atoms with E-state index in [1.165, 1.54) is 16.6 Å². The molecule has 138 valence electrons. The Hall–Kier alpha value is -3.16. The maximum Gasteiger partial charge on any atom is 0.263 e. The van der Waals surface area contributed by atoms with Crippen molar-refractivity contribution in [1.82, 2.24) is 5.01 Å². The van der Waals surface area contributed by atoms with E-state index in [0.717, 1.165) is 29.0 Å². The minimum atomic E-state index is -1.13. The minimum Gasteiger partial charge on any atom is -0.271 e. The van der Waals surface area contributed by atoms with E-state index >= 15 is 0 Å². The Labute approximate surface area is 154 Å². The number of anilines is 1. The molecule has 27 heavy (non-hydrogen) atoms. The highest BCUT2D eigenvalue weighted by Crippen LogP contribution is 2.33. The zero-order chi connectivity index (χ0) is 19.1. The van der Waals surface area contributed by atoms with Crippen molar-refractivity contribution < 1.29 is 18.4 Å². The topological polar surface area (TPSA) is 65.3 Å². The van der Waals surface area contributed by atoms with Gasteiger partial charge < -0.3 is 0 Å². The Morgan fingerprint density at radius 2 is 1.67 bits per heavy atom. The molecule has 1 saturated heterocycles. The summed E-state index contributed by atoms with van der Waals surface area (Å²) in [5.74, 6) is -3.32. The lowest BCUT2D eigenvalue weighted by molar-refractivity contribution is -0.123. The van der Waals surface area contributed by atoms with E-state index in [-0.39, 0.29) is 5.69 Å². The van der Waals surface area contributed by atoms with Crippen LogP contribution in [0.4, 0.5) is 14.5 Å². The van der Waals surface area contributed by atoms with E-state index in [9.17, 15) is 18.4 Å². The van der Waals surface area contributed by atoms with Crippen LogP contribution in [0.2, 0.25) is 0 Å². The molecule has 2 aromatic carbocycles. The van der Waals surface area contributed by atoms with Crippen LogP contribution >= 0.6 is 0 Å². The first-order valence-electron chi connectivity index (χ1n) is 8.57. The van der Waals surface area contributed by atoms with Gasteiger partial charge in [-0.05, 0) is 29.7 Å². The lowest BCUT2D eigenvalue weighted by atomic mass is 10.1. The van der Waals surface area contributed by atoms with Crippen LogP contribution in [-0.2, 0) is 22.6 Å². The van der Waals surface area contributed by atoms with Gasteiger partial charge in [-0.3, -0.25) is 14.6 Å². The van der Waals surface area contributed by atoms with Crippen LogP contribution in [0.15, 0.2) is 52.8 Å². The molecular formula is C19H16F2N4O2. The highest BCUT2D eigenvalue weighted by molar-refractivity contribution is 6.25. The van der Waals surface area contributed by atoms with Gasteiger partial charge in [0.25, 0.3) is 11.8 Å². The van der Waals surface area contributed by atoms with Crippen LogP contribution < -0.4 is 4.90 Å². The molecule has 0 aliphatic carbocycles. The SMILES string of the molecule is CCc1ccc(CN2N=N[C@H]3C(=O)N(c4ccc(F)c(F)c4)C(=O)[C@H]32)cc1. The Morgan fingerprint density at radius 3 is 2.33 bits per heavy atom. The number of rotatable bonds is 4. The number of carbonyl (C=O) groups is 2. The number of aryl methyl sites for hydroxylation is 1. The van der Waals surface area contributed by atoms with E-state index in [1.807, 2.05) is 24.3 Å². The zero-order valence-corrected chi connectivity index (χ0v) is 14.5. The summed E-state index contributed by atoms with van der Waals surface area (Å²) in [6.07, 6.45) is 0.921. The van der Waals surface area contributed by atoms with Crippen LogP contribution in [0.3, 0.4) is 0 Å². The molecule has 2 heterocycles. The smallest absolute Gasteiger partial charge is 0.263 e. The fraction of sp³-hybridized carbons (Fsp3) is 0.263. The maximum atomic E-state index is 13.5. The summed E-state index contributed by atoms with van der Waals surface area (Å²) >= 11 is 0. The first-order chi connectivity index (χ1) is 13.0. The molecule has 2 aliphatic rings. The van der Waals surface area contributed by atoms with Gasteiger partial charge in [-0.15, -0.1) is 0 Å². The quantitative estimate of drug-likeness (QED) is 0.777. The third kappa shape index (κ3) is 2.87. The summed E-state index contributed by atoms with van der Waals surface area (Å²) in [5.41, 5.74) is 2.11. The first kappa shape index (κ1) is 17.3. The van der Waals surface area contributed by atoms with Crippen LogP contribution in [0, 0.1) is 11.6 Å². The average Bonchev–Trinajstić information content (AvgIpc) is 3.18. The van der Waals surface area contributed by atoms with Gasteiger partial charge in [-0.1, -0.05) is 36.4 Å². The van der Waals surface area contributed by atoms with Gasteiger partial charge in [0.15, 0.2) is 23.7 Å². The third-order valence-electron chi connectivity index (χ3n) is 4.80. The lowest BCUT2D eigenvalue weighted by Crippen LogP contribution is -2.39. The van der Waals surface area contributed by atoms with Crippen molar-refractivity contribution in [3.05, 3.63) is 65.2 Å². The van der Waals surface area contributed by atoms with Crippen molar-refractivity contribution in [3.63, 3.8) is 0 Å². The van der Waals surface area contributed by atoms with E-state index in [4.69, 9.17) is 0 Å². The number of amides is 2. The van der Waals surface area contributed by atoms with Gasteiger partial charge in [0.1, 0.15) is 0 Å². The number of nitrogens with zero attached hydrogens (tertiary/aromatic N) is 4. The molecule has 1 fully saturated rings. The number of hydrogen-bond donors (Lipinski definition) is 0. The third-order valence-corrected chi connectivity index (χ3v) is 4.80. The molecule has 0 unspecified atom stereocenters. The van der Waals surface area contributed by atoms with Gasteiger partial charge in [0, 0.05) is 6.07 Å². The Kier molecular flexibility index (Phi) is 4.18. The summed E-state index contributed by atoms with van der Waals surface area (Å²) in [4.78, 5) is 26.3. The van der Waals surface area contributed by atoms with Gasteiger partial charge in [-0.25, -0.2) is 13.7 Å². The predicted molar refractivity (Wildman–Crippen MR) is 92.6 cm³/mol. The average molecular weight is 370 g/mol. The van der Waals surface area contributed by atoms with E-state index in [0.29, 0.717) is 6.54 Å². The number of carbonyl (C=O) groups excluding carboxylic acids is 2. The molecular weight excluding hydrogens is 354 g/mol. The second-order valence-corrected chi connectivity index (χ2v) is 6.47. The van der Waals surface area contributed by atoms with E-state index in [1.54, 1.807) is 0 Å². The molecule has 2 aliphatic heterocycles. The second kappa shape index (κ2) is 6.53. The van der Waals surface area contributed by atoms with Crippen LogP contribution in [0.1, 0.15) is 18.1 Å². The normalized spacial score (nSPS) is 21.3. The highest BCUT2D eigenvalue weighted by Gasteiger charge is 2.54. The molecule has 0 N–H and O–H groups in total. The fourth-order valence-corrected chi connectivity index (χ4v) is 3.30. The van der Waals surface area contributed by atoms with Crippen LogP contribution in [0.25, 0.3) is 0 Å². The van der Waals surface area contributed by atoms with Crippen molar-refractivity contribution in [2.24, 2.45) is 10.3 Å². The molecule has 0 saturated carbocycles. The molecule has 2 aromatic rings. The van der Waals surface area contributed by atoms with Crippen molar-refractivity contribution in [2.75, 3.05) is 4.90 Å². The van der Waals surface area contributed by atoms with Gasteiger partial charge in [0.05, 0.1) is 12.2 Å². The zero-order valence-electron chi connectivity index (χ0n) is 14.5. The summed E-state index contributed by atoms with van der Waals surface area (Å²) in [6, 6.07) is 8.93. The molecule has 0 aromatic heterocycles. The fourth-order valence-electron chi connectivity index (χ4n) is 3.30. The molecule has 2 atom stereocenters. The molecule has 6 nitrogen and oxygen atoms in total. The number of fused-ring (bicyclic) bond motifs is 1. The summed E-state index contributed by atoms with van der Waals surface area (Å²) < 4.78 is 26.7. The highest BCUT2D eigenvalue weighted by atomic mass is 19.2. The Bertz CT molecular complexity index is 945. The van der Waals surface area contributed by atoms with Gasteiger partial charge in [0.2, 0.25) is 0 Å². The monoisotopic (exact) mass is 370 g/mol. The standard InChI is InChI=1S/C19H16F2N4O2/c1-2-11-3-5-12(6-4-11)10-24-17-16(22-23-24)18(26)25(19(17)27)13-7-8-14(20)15(21)9-13/h3-9,16-17H,2,10H2,1H3/t16-,17+/m1/s1. The van der Waals surface area contributed by atoms with Crippen LogP contribution in [0.5, 0.6) is 0 Å². The molecule has 0 bridgehead atoms. The van der Waals surface area contributed by atoms with Crippen molar-refractivity contribution in [1.29, 1.82) is 0 Å². The second-order valence-electron chi connectivity index (χ2n) is 6.47. The molecule has 8 heteroatoms. The summed E-state index contributed by atoms with van der Waals surface area (Å²) in [6.45, 7) is 2.38. The number of benzene rings is 2. The lowest BCUT2D eigenvalue weighted by Gasteiger charge is -2.20. The van der Waals surface area contributed by atoms with Gasteiger partial charge >= 0.3 is 0 Å². The molecule has 0 radical (unpaired) electrons.